The lowest BCUT2D eigenvalue weighted by molar-refractivity contribution is 0.0971. The molecule has 154 valence electrons. The maximum absolute atomic E-state index is 12.1. The Labute approximate surface area is 182 Å². The van der Waals surface area contributed by atoms with Crippen molar-refractivity contribution >= 4 is 21.7 Å². The van der Waals surface area contributed by atoms with E-state index in [1.807, 2.05) is 18.2 Å². The predicted molar refractivity (Wildman–Crippen MR) is 120 cm³/mol. The van der Waals surface area contributed by atoms with Gasteiger partial charge in [-0.25, -0.2) is 0 Å². The summed E-state index contributed by atoms with van der Waals surface area (Å²) in [5, 5.41) is 0. The summed E-state index contributed by atoms with van der Waals surface area (Å²) in [5.74, 6) is 1.17. The summed E-state index contributed by atoms with van der Waals surface area (Å²) in [4.78, 5) is 17.1. The molecule has 0 atom stereocenters. The number of fused-ring (bicyclic) bond motifs is 1. The lowest BCUT2D eigenvalue weighted by Gasteiger charge is -2.34. The van der Waals surface area contributed by atoms with Crippen LogP contribution in [0, 0.1) is 0 Å². The largest absolute Gasteiger partial charge is 0.493 e. The van der Waals surface area contributed by atoms with Gasteiger partial charge >= 0.3 is 0 Å². The van der Waals surface area contributed by atoms with Crippen LogP contribution in [0.25, 0.3) is 0 Å². The van der Waals surface area contributed by atoms with Gasteiger partial charge in [-0.1, -0.05) is 40.2 Å². The highest BCUT2D eigenvalue weighted by atomic mass is 79.9. The number of hydrogen-bond acceptors (Lipinski definition) is 4. The first kappa shape index (κ1) is 20.6. The van der Waals surface area contributed by atoms with Gasteiger partial charge in [0.15, 0.2) is 5.78 Å². The molecule has 29 heavy (non-hydrogen) atoms. The SMILES string of the molecule is O=C1CCCc2c(OCCCN3CCN(Cc4ccc(Br)cc4)CC3)cccc21. The molecule has 2 aromatic rings. The molecule has 4 rings (SSSR count). The quantitative estimate of drug-likeness (QED) is 0.571. The van der Waals surface area contributed by atoms with Crippen LogP contribution in [-0.4, -0.2) is 54.9 Å². The van der Waals surface area contributed by atoms with Gasteiger partial charge in [-0.3, -0.25) is 9.69 Å². The second-order valence-corrected chi connectivity index (χ2v) is 8.92. The molecule has 0 unspecified atom stereocenters. The van der Waals surface area contributed by atoms with Crippen LogP contribution in [0.3, 0.4) is 0 Å². The standard InChI is InChI=1S/C24H29BrN2O2/c25-20-10-8-19(9-11-20)18-27-15-13-26(14-16-27)12-3-17-29-24-7-2-4-21-22(24)5-1-6-23(21)28/h2,4,7-11H,1,3,5-6,12-18H2. The van der Waals surface area contributed by atoms with E-state index in [2.05, 4.69) is 50.0 Å². The Morgan fingerprint density at radius 2 is 1.69 bits per heavy atom. The molecule has 0 N–H and O–H groups in total. The molecule has 4 nitrogen and oxygen atoms in total. The number of ether oxygens (including phenoxy) is 1. The fourth-order valence-electron chi connectivity index (χ4n) is 4.27. The number of piperazine rings is 1. The van der Waals surface area contributed by atoms with Gasteiger partial charge in [0, 0.05) is 61.3 Å². The van der Waals surface area contributed by atoms with Gasteiger partial charge < -0.3 is 9.64 Å². The molecule has 0 radical (unpaired) electrons. The minimum atomic E-state index is 0.262. The van der Waals surface area contributed by atoms with E-state index in [0.717, 1.165) is 79.9 Å². The molecule has 1 aliphatic heterocycles. The van der Waals surface area contributed by atoms with Gasteiger partial charge in [0.25, 0.3) is 0 Å². The molecule has 1 heterocycles. The van der Waals surface area contributed by atoms with Crippen molar-refractivity contribution in [2.45, 2.75) is 32.2 Å². The Morgan fingerprint density at radius 3 is 2.48 bits per heavy atom. The predicted octanol–water partition coefficient (Wildman–Crippen LogP) is 4.55. The summed E-state index contributed by atoms with van der Waals surface area (Å²) < 4.78 is 7.20. The summed E-state index contributed by atoms with van der Waals surface area (Å²) in [7, 11) is 0. The van der Waals surface area contributed by atoms with Crippen LogP contribution in [0.4, 0.5) is 0 Å². The van der Waals surface area contributed by atoms with Crippen molar-refractivity contribution in [3.63, 3.8) is 0 Å². The third-order valence-corrected chi connectivity index (χ3v) is 6.45. The average Bonchev–Trinajstić information content (AvgIpc) is 2.74. The van der Waals surface area contributed by atoms with E-state index in [1.165, 1.54) is 5.56 Å². The maximum atomic E-state index is 12.1. The number of halogens is 1. The second kappa shape index (κ2) is 9.88. The average molecular weight is 457 g/mol. The Balaban J connectivity index is 1.18. The van der Waals surface area contributed by atoms with Gasteiger partial charge in [-0.2, -0.15) is 0 Å². The Morgan fingerprint density at radius 1 is 0.931 bits per heavy atom. The monoisotopic (exact) mass is 456 g/mol. The topological polar surface area (TPSA) is 32.8 Å². The molecule has 0 amide bonds. The zero-order valence-electron chi connectivity index (χ0n) is 16.9. The van der Waals surface area contributed by atoms with Crippen molar-refractivity contribution in [1.82, 2.24) is 9.80 Å². The first-order valence-corrected chi connectivity index (χ1v) is 11.5. The zero-order valence-corrected chi connectivity index (χ0v) is 18.5. The fraction of sp³-hybridized carbons (Fsp3) is 0.458. The molecule has 5 heteroatoms. The highest BCUT2D eigenvalue weighted by molar-refractivity contribution is 9.10. The number of hydrogen-bond donors (Lipinski definition) is 0. The Bertz CT molecular complexity index is 829. The van der Waals surface area contributed by atoms with E-state index in [0.29, 0.717) is 13.0 Å². The van der Waals surface area contributed by atoms with Crippen LogP contribution in [0.15, 0.2) is 46.9 Å². The number of ketones is 1. The van der Waals surface area contributed by atoms with E-state index in [4.69, 9.17) is 4.74 Å². The van der Waals surface area contributed by atoms with Crippen molar-refractivity contribution in [1.29, 1.82) is 0 Å². The molecule has 0 aromatic heterocycles. The summed E-state index contributed by atoms with van der Waals surface area (Å²) >= 11 is 3.50. The van der Waals surface area contributed by atoms with Crippen LogP contribution in [0.1, 0.15) is 40.7 Å². The molecular formula is C24H29BrN2O2. The van der Waals surface area contributed by atoms with Crippen LogP contribution in [0.2, 0.25) is 0 Å². The van der Waals surface area contributed by atoms with Gasteiger partial charge in [0.05, 0.1) is 6.61 Å². The van der Waals surface area contributed by atoms with Crippen LogP contribution in [-0.2, 0) is 13.0 Å². The third-order valence-electron chi connectivity index (χ3n) is 5.92. The normalized spacial score (nSPS) is 17.9. The minimum absolute atomic E-state index is 0.262. The van der Waals surface area contributed by atoms with E-state index in [-0.39, 0.29) is 5.78 Å². The molecule has 0 saturated carbocycles. The van der Waals surface area contributed by atoms with Gasteiger partial charge in [-0.15, -0.1) is 0 Å². The van der Waals surface area contributed by atoms with E-state index >= 15 is 0 Å². The van der Waals surface area contributed by atoms with Gasteiger partial charge in [0.1, 0.15) is 5.75 Å². The lowest BCUT2D eigenvalue weighted by atomic mass is 9.90. The number of nitrogens with zero attached hydrogens (tertiary/aromatic N) is 2. The molecular weight excluding hydrogens is 428 g/mol. The fourth-order valence-corrected chi connectivity index (χ4v) is 4.53. The molecule has 2 aromatic carbocycles. The molecule has 1 saturated heterocycles. The molecule has 2 aliphatic rings. The van der Waals surface area contributed by atoms with Gasteiger partial charge in [0.2, 0.25) is 0 Å². The van der Waals surface area contributed by atoms with E-state index in [9.17, 15) is 4.79 Å². The van der Waals surface area contributed by atoms with Crippen molar-refractivity contribution in [2.75, 3.05) is 39.3 Å². The number of rotatable bonds is 7. The Hall–Kier alpha value is -1.69. The van der Waals surface area contributed by atoms with Crippen LogP contribution in [0.5, 0.6) is 5.75 Å². The number of benzene rings is 2. The number of carbonyl (C=O) groups is 1. The maximum Gasteiger partial charge on any atom is 0.163 e. The highest BCUT2D eigenvalue weighted by Gasteiger charge is 2.20. The first-order chi connectivity index (χ1) is 14.2. The summed E-state index contributed by atoms with van der Waals surface area (Å²) in [6, 6.07) is 14.5. The highest BCUT2D eigenvalue weighted by Crippen LogP contribution is 2.29. The van der Waals surface area contributed by atoms with Gasteiger partial charge in [-0.05, 0) is 43.0 Å². The summed E-state index contributed by atoms with van der Waals surface area (Å²) in [6.45, 7) is 7.28. The number of Topliss-reactive ketones (excluding diaryl/α,β-unsaturated/α-hetero) is 1. The lowest BCUT2D eigenvalue weighted by Crippen LogP contribution is -2.46. The van der Waals surface area contributed by atoms with Crippen molar-refractivity contribution in [3.05, 3.63) is 63.6 Å². The molecule has 1 fully saturated rings. The molecule has 0 spiro atoms. The molecule has 0 bridgehead atoms. The second-order valence-electron chi connectivity index (χ2n) is 8.01. The summed E-state index contributed by atoms with van der Waals surface area (Å²) in [6.07, 6.45) is 3.59. The Kier molecular flexibility index (Phi) is 7.01. The smallest absolute Gasteiger partial charge is 0.163 e. The van der Waals surface area contributed by atoms with Crippen LogP contribution < -0.4 is 4.74 Å². The molecule has 1 aliphatic carbocycles. The minimum Gasteiger partial charge on any atom is -0.493 e. The zero-order chi connectivity index (χ0) is 20.1. The van der Waals surface area contributed by atoms with E-state index < -0.39 is 0 Å². The van der Waals surface area contributed by atoms with Crippen molar-refractivity contribution < 1.29 is 9.53 Å². The van der Waals surface area contributed by atoms with E-state index in [1.54, 1.807) is 0 Å². The number of carbonyl (C=O) groups excluding carboxylic acids is 1. The first-order valence-electron chi connectivity index (χ1n) is 10.7. The third kappa shape index (κ3) is 5.47. The van der Waals surface area contributed by atoms with Crippen molar-refractivity contribution in [3.8, 4) is 5.75 Å². The van der Waals surface area contributed by atoms with Crippen LogP contribution >= 0.6 is 15.9 Å². The van der Waals surface area contributed by atoms with Crippen molar-refractivity contribution in [2.24, 2.45) is 0 Å². The summed E-state index contributed by atoms with van der Waals surface area (Å²) in [5.41, 5.74) is 3.36.